The zero-order chi connectivity index (χ0) is 12.0. The normalized spacial score (nSPS) is 9.88. The summed E-state index contributed by atoms with van der Waals surface area (Å²) in [6, 6.07) is 5.72. The van der Waals surface area contributed by atoms with Crippen LogP contribution in [0, 0.1) is 5.82 Å². The first-order chi connectivity index (χ1) is 7.61. The molecule has 0 aliphatic carbocycles. The quantitative estimate of drug-likeness (QED) is 0.636. The molecular formula is C11H11ClFNO2. The van der Waals surface area contributed by atoms with Crippen molar-refractivity contribution < 1.29 is 14.0 Å². The van der Waals surface area contributed by atoms with Crippen LogP contribution in [-0.2, 0) is 4.79 Å². The van der Waals surface area contributed by atoms with Crippen LogP contribution in [0.5, 0.6) is 0 Å². The Morgan fingerprint density at radius 1 is 1.31 bits per heavy atom. The van der Waals surface area contributed by atoms with Crippen LogP contribution in [0.3, 0.4) is 0 Å². The third-order valence-electron chi connectivity index (χ3n) is 1.95. The number of rotatable bonds is 5. The number of amides is 1. The molecule has 5 heteroatoms. The van der Waals surface area contributed by atoms with E-state index in [1.54, 1.807) is 6.07 Å². The third-order valence-corrected chi connectivity index (χ3v) is 2.14. The van der Waals surface area contributed by atoms with Gasteiger partial charge in [-0.2, -0.15) is 0 Å². The summed E-state index contributed by atoms with van der Waals surface area (Å²) in [5.74, 6) is -1.05. The topological polar surface area (TPSA) is 46.2 Å². The van der Waals surface area contributed by atoms with Crippen LogP contribution in [0.15, 0.2) is 24.3 Å². The van der Waals surface area contributed by atoms with Crippen molar-refractivity contribution in [3.8, 4) is 0 Å². The average Bonchev–Trinajstić information content (AvgIpc) is 2.24. The van der Waals surface area contributed by atoms with E-state index >= 15 is 0 Å². The summed E-state index contributed by atoms with van der Waals surface area (Å²) in [6.45, 7) is 0.297. The number of hydrogen-bond acceptors (Lipinski definition) is 2. The lowest BCUT2D eigenvalue weighted by molar-refractivity contribution is -0.111. The van der Waals surface area contributed by atoms with Gasteiger partial charge in [0.2, 0.25) is 5.24 Å². The molecule has 0 unspecified atom stereocenters. The predicted molar refractivity (Wildman–Crippen MR) is 58.8 cm³/mol. The maximum atomic E-state index is 13.1. The molecule has 0 spiro atoms. The molecule has 1 aromatic carbocycles. The van der Waals surface area contributed by atoms with Crippen molar-refractivity contribution in [2.24, 2.45) is 0 Å². The number of halogens is 2. The smallest absolute Gasteiger partial charge is 0.254 e. The van der Waals surface area contributed by atoms with Crippen LogP contribution in [0.25, 0.3) is 0 Å². The number of benzene rings is 1. The van der Waals surface area contributed by atoms with Crippen molar-refractivity contribution in [1.82, 2.24) is 5.32 Å². The molecule has 0 saturated carbocycles. The molecule has 1 aromatic rings. The lowest BCUT2D eigenvalue weighted by Gasteiger charge is -2.04. The Morgan fingerprint density at radius 3 is 2.62 bits per heavy atom. The maximum Gasteiger partial charge on any atom is 0.254 e. The molecule has 0 atom stereocenters. The third kappa shape index (κ3) is 3.98. The van der Waals surface area contributed by atoms with Crippen LogP contribution in [0.4, 0.5) is 4.39 Å². The standard InChI is InChI=1S/C11H11ClFNO2/c12-10(15)6-3-7-14-11(16)8-4-1-2-5-9(8)13/h1-2,4-5H,3,6-7H2,(H,14,16). The second kappa shape index (κ2) is 6.23. The van der Waals surface area contributed by atoms with E-state index in [4.69, 9.17) is 11.6 Å². The first-order valence-corrected chi connectivity index (χ1v) is 5.20. The van der Waals surface area contributed by atoms with E-state index in [1.165, 1.54) is 18.2 Å². The first-order valence-electron chi connectivity index (χ1n) is 4.82. The molecule has 3 nitrogen and oxygen atoms in total. The van der Waals surface area contributed by atoms with Gasteiger partial charge in [-0.3, -0.25) is 9.59 Å². The molecule has 1 amide bonds. The van der Waals surface area contributed by atoms with Crippen molar-refractivity contribution in [3.63, 3.8) is 0 Å². The Hall–Kier alpha value is -1.42. The van der Waals surface area contributed by atoms with Gasteiger partial charge in [0.1, 0.15) is 5.82 Å². The van der Waals surface area contributed by atoms with Crippen LogP contribution in [0.1, 0.15) is 23.2 Å². The molecule has 0 aliphatic rings. The molecule has 0 heterocycles. The molecule has 1 N–H and O–H groups in total. The Bertz CT molecular complexity index is 395. The number of nitrogens with one attached hydrogen (secondary N) is 1. The summed E-state index contributed by atoms with van der Waals surface area (Å²) in [6.07, 6.45) is 0.641. The van der Waals surface area contributed by atoms with E-state index in [9.17, 15) is 14.0 Å². The van der Waals surface area contributed by atoms with Crippen molar-refractivity contribution in [2.45, 2.75) is 12.8 Å². The van der Waals surface area contributed by atoms with Gasteiger partial charge in [-0.05, 0) is 30.2 Å². The highest BCUT2D eigenvalue weighted by Gasteiger charge is 2.09. The maximum absolute atomic E-state index is 13.1. The summed E-state index contributed by atoms with van der Waals surface area (Å²) in [5.41, 5.74) is -0.000278. The Morgan fingerprint density at radius 2 is 2.00 bits per heavy atom. The number of hydrogen-bond donors (Lipinski definition) is 1. The van der Waals surface area contributed by atoms with E-state index in [2.05, 4.69) is 5.32 Å². The fraction of sp³-hybridized carbons (Fsp3) is 0.273. The lowest BCUT2D eigenvalue weighted by atomic mass is 10.2. The van der Waals surface area contributed by atoms with Gasteiger partial charge >= 0.3 is 0 Å². The second-order valence-electron chi connectivity index (χ2n) is 3.19. The largest absolute Gasteiger partial charge is 0.352 e. The van der Waals surface area contributed by atoms with E-state index in [0.717, 1.165) is 0 Å². The number of carbonyl (C=O) groups is 2. The summed E-state index contributed by atoms with van der Waals surface area (Å²) >= 11 is 5.12. The molecule has 0 aromatic heterocycles. The Kier molecular flexibility index (Phi) is 4.92. The highest BCUT2D eigenvalue weighted by molar-refractivity contribution is 6.63. The highest BCUT2D eigenvalue weighted by Crippen LogP contribution is 2.05. The first kappa shape index (κ1) is 12.6. The van der Waals surface area contributed by atoms with Gasteiger partial charge in [0.25, 0.3) is 5.91 Å². The van der Waals surface area contributed by atoms with Gasteiger partial charge in [-0.25, -0.2) is 4.39 Å². The van der Waals surface area contributed by atoms with Crippen LogP contribution in [0.2, 0.25) is 0 Å². The molecule has 0 aliphatic heterocycles. The van der Waals surface area contributed by atoms with Gasteiger partial charge in [-0.15, -0.1) is 0 Å². The fourth-order valence-electron chi connectivity index (χ4n) is 1.17. The Labute approximate surface area is 97.6 Å². The van der Waals surface area contributed by atoms with Crippen molar-refractivity contribution in [1.29, 1.82) is 0 Å². The zero-order valence-corrected chi connectivity index (χ0v) is 9.26. The van der Waals surface area contributed by atoms with E-state index < -0.39 is 17.0 Å². The minimum absolute atomic E-state index is 0.000278. The van der Waals surface area contributed by atoms with E-state index in [0.29, 0.717) is 13.0 Å². The van der Waals surface area contributed by atoms with Gasteiger partial charge in [0.05, 0.1) is 5.56 Å². The summed E-state index contributed by atoms with van der Waals surface area (Å²) < 4.78 is 13.1. The second-order valence-corrected chi connectivity index (χ2v) is 3.62. The van der Waals surface area contributed by atoms with Crippen molar-refractivity contribution >= 4 is 22.8 Å². The zero-order valence-electron chi connectivity index (χ0n) is 8.50. The molecule has 0 saturated heterocycles. The van der Waals surface area contributed by atoms with Gasteiger partial charge < -0.3 is 5.32 Å². The van der Waals surface area contributed by atoms with Crippen molar-refractivity contribution in [3.05, 3.63) is 35.6 Å². The van der Waals surface area contributed by atoms with E-state index in [-0.39, 0.29) is 12.0 Å². The molecular weight excluding hydrogens is 233 g/mol. The molecule has 86 valence electrons. The molecule has 0 radical (unpaired) electrons. The minimum atomic E-state index is -0.562. The summed E-state index contributed by atoms with van der Waals surface area (Å²) in [5, 5.41) is 2.06. The van der Waals surface area contributed by atoms with Crippen LogP contribution in [-0.4, -0.2) is 17.7 Å². The summed E-state index contributed by atoms with van der Waals surface area (Å²) in [4.78, 5) is 21.8. The predicted octanol–water partition coefficient (Wildman–Crippen LogP) is 2.10. The Balaban J connectivity index is 2.41. The van der Waals surface area contributed by atoms with Crippen molar-refractivity contribution in [2.75, 3.05) is 6.54 Å². The summed E-state index contributed by atoms with van der Waals surface area (Å²) in [7, 11) is 0. The fourth-order valence-corrected chi connectivity index (χ4v) is 1.30. The SMILES string of the molecule is O=C(Cl)CCCNC(=O)c1ccccc1F. The van der Waals surface area contributed by atoms with Gasteiger partial charge in [-0.1, -0.05) is 12.1 Å². The average molecular weight is 244 g/mol. The monoisotopic (exact) mass is 243 g/mol. The molecule has 0 bridgehead atoms. The van der Waals surface area contributed by atoms with Gasteiger partial charge in [0, 0.05) is 13.0 Å². The molecule has 0 fully saturated rings. The van der Waals surface area contributed by atoms with E-state index in [1.807, 2.05) is 0 Å². The van der Waals surface area contributed by atoms with Gasteiger partial charge in [0.15, 0.2) is 0 Å². The van der Waals surface area contributed by atoms with Crippen LogP contribution < -0.4 is 5.32 Å². The van der Waals surface area contributed by atoms with Crippen LogP contribution >= 0.6 is 11.6 Å². The highest BCUT2D eigenvalue weighted by atomic mass is 35.5. The minimum Gasteiger partial charge on any atom is -0.352 e. The molecule has 16 heavy (non-hydrogen) atoms. The molecule has 1 rings (SSSR count). The lowest BCUT2D eigenvalue weighted by Crippen LogP contribution is -2.25. The number of carbonyl (C=O) groups excluding carboxylic acids is 2.